The Hall–Kier alpha value is -4.74. The molecular weight excluding hydrogens is 494 g/mol. The number of para-hydroxylation sites is 1. The van der Waals surface area contributed by atoms with Crippen molar-refractivity contribution in [1.29, 1.82) is 0 Å². The van der Waals surface area contributed by atoms with Crippen molar-refractivity contribution in [2.75, 3.05) is 0 Å². The van der Waals surface area contributed by atoms with Crippen LogP contribution >= 0.6 is 0 Å². The molecule has 3 amide bonds. The average Bonchev–Trinajstić information content (AvgIpc) is 2.86. The number of hydrogen-bond donors (Lipinski definition) is 5. The Morgan fingerprint density at radius 3 is 2.18 bits per heavy atom. The summed E-state index contributed by atoms with van der Waals surface area (Å²) in [6, 6.07) is 10.9. The molecule has 0 fully saturated rings. The highest BCUT2D eigenvalue weighted by molar-refractivity contribution is 5.93. The summed E-state index contributed by atoms with van der Waals surface area (Å²) in [7, 11) is 0. The fourth-order valence-corrected chi connectivity index (χ4v) is 4.04. The van der Waals surface area contributed by atoms with E-state index < -0.39 is 65.4 Å². The van der Waals surface area contributed by atoms with Crippen LogP contribution in [-0.4, -0.2) is 50.4 Å². The summed E-state index contributed by atoms with van der Waals surface area (Å²) in [5.74, 6) is -4.58. The van der Waals surface area contributed by atoms with Crippen LogP contribution in [0.1, 0.15) is 31.9 Å². The van der Waals surface area contributed by atoms with Crippen LogP contribution in [0.15, 0.2) is 64.2 Å². The second-order valence-electron chi connectivity index (χ2n) is 9.16. The number of fused-ring (bicyclic) bond motifs is 1. The number of benzene rings is 2. The number of carbonyl (C=O) groups is 4. The van der Waals surface area contributed by atoms with E-state index in [9.17, 15) is 33.9 Å². The molecule has 3 rings (SSSR count). The number of hydrogen-bond acceptors (Lipinski definition) is 6. The van der Waals surface area contributed by atoms with Crippen LogP contribution in [0.3, 0.4) is 0 Å². The number of nitrogens with one attached hydrogen (secondary N) is 3. The molecule has 38 heavy (non-hydrogen) atoms. The fraction of sp³-hybridized carbons (Fsp3) is 0.308. The SMILES string of the molecule is CC(C)[C@H](NC(=O)[C@H](Cc1ccccc1)n1c(=O)[nH]c2ccccc2c1=O)C(=O)N[C@H](CC(N)=O)C(=O)O. The molecule has 12 nitrogen and oxygen atoms in total. The molecule has 0 spiro atoms. The Morgan fingerprint density at radius 2 is 1.58 bits per heavy atom. The van der Waals surface area contributed by atoms with Crippen molar-refractivity contribution >= 4 is 34.6 Å². The monoisotopic (exact) mass is 523 g/mol. The number of aliphatic carboxylic acids is 1. The summed E-state index contributed by atoms with van der Waals surface area (Å²) in [4.78, 5) is 78.2. The second kappa shape index (κ2) is 12.0. The van der Waals surface area contributed by atoms with Gasteiger partial charge in [-0.3, -0.25) is 19.2 Å². The Balaban J connectivity index is 2.00. The van der Waals surface area contributed by atoms with Crippen LogP contribution in [-0.2, 0) is 25.6 Å². The highest BCUT2D eigenvalue weighted by atomic mass is 16.4. The molecule has 12 heteroatoms. The maximum absolute atomic E-state index is 13.6. The number of aromatic amines is 1. The van der Waals surface area contributed by atoms with Crippen LogP contribution in [0.4, 0.5) is 0 Å². The van der Waals surface area contributed by atoms with Gasteiger partial charge < -0.3 is 26.5 Å². The van der Waals surface area contributed by atoms with E-state index in [1.807, 2.05) is 0 Å². The van der Waals surface area contributed by atoms with Gasteiger partial charge in [-0.2, -0.15) is 0 Å². The van der Waals surface area contributed by atoms with Crippen molar-refractivity contribution in [1.82, 2.24) is 20.2 Å². The van der Waals surface area contributed by atoms with E-state index in [2.05, 4.69) is 15.6 Å². The Kier molecular flexibility index (Phi) is 8.79. The van der Waals surface area contributed by atoms with Gasteiger partial charge in [0.2, 0.25) is 17.7 Å². The third-order valence-corrected chi connectivity index (χ3v) is 5.99. The van der Waals surface area contributed by atoms with Gasteiger partial charge in [-0.25, -0.2) is 14.2 Å². The van der Waals surface area contributed by atoms with Crippen molar-refractivity contribution in [2.45, 2.75) is 44.8 Å². The number of carbonyl (C=O) groups excluding carboxylic acids is 3. The minimum absolute atomic E-state index is 0.0418. The van der Waals surface area contributed by atoms with E-state index >= 15 is 0 Å². The van der Waals surface area contributed by atoms with Gasteiger partial charge in [-0.1, -0.05) is 56.3 Å². The molecule has 0 unspecified atom stereocenters. The number of nitrogens with two attached hydrogens (primary N) is 1. The molecule has 3 atom stereocenters. The first kappa shape index (κ1) is 27.8. The van der Waals surface area contributed by atoms with Crippen molar-refractivity contribution in [3.63, 3.8) is 0 Å². The van der Waals surface area contributed by atoms with Gasteiger partial charge in [-0.15, -0.1) is 0 Å². The molecule has 0 saturated heterocycles. The summed E-state index contributed by atoms with van der Waals surface area (Å²) in [6.07, 6.45) is -0.682. The number of nitrogens with zero attached hydrogens (tertiary/aromatic N) is 1. The molecular formula is C26H29N5O7. The van der Waals surface area contributed by atoms with Gasteiger partial charge in [0, 0.05) is 6.42 Å². The van der Waals surface area contributed by atoms with E-state index in [0.717, 1.165) is 4.57 Å². The van der Waals surface area contributed by atoms with Gasteiger partial charge in [0.1, 0.15) is 18.1 Å². The first-order valence-corrected chi connectivity index (χ1v) is 11.9. The lowest BCUT2D eigenvalue weighted by atomic mass is 10.00. The second-order valence-corrected chi connectivity index (χ2v) is 9.16. The maximum Gasteiger partial charge on any atom is 0.329 e. The fourth-order valence-electron chi connectivity index (χ4n) is 4.04. The lowest BCUT2D eigenvalue weighted by molar-refractivity contribution is -0.144. The van der Waals surface area contributed by atoms with E-state index in [1.54, 1.807) is 62.4 Å². The van der Waals surface area contributed by atoms with Gasteiger partial charge in [0.25, 0.3) is 5.56 Å². The number of carboxylic acid groups (broad SMARTS) is 1. The third-order valence-electron chi connectivity index (χ3n) is 5.99. The number of rotatable bonds is 11. The van der Waals surface area contributed by atoms with Crippen LogP contribution in [0.5, 0.6) is 0 Å². The number of aromatic nitrogens is 2. The first-order valence-electron chi connectivity index (χ1n) is 11.9. The van der Waals surface area contributed by atoms with Crippen molar-refractivity contribution in [3.05, 3.63) is 81.0 Å². The lowest BCUT2D eigenvalue weighted by Crippen LogP contribution is -2.56. The van der Waals surface area contributed by atoms with E-state index in [-0.39, 0.29) is 11.8 Å². The zero-order valence-corrected chi connectivity index (χ0v) is 20.8. The van der Waals surface area contributed by atoms with E-state index in [1.165, 1.54) is 6.07 Å². The van der Waals surface area contributed by atoms with E-state index in [4.69, 9.17) is 5.73 Å². The Morgan fingerprint density at radius 1 is 0.947 bits per heavy atom. The summed E-state index contributed by atoms with van der Waals surface area (Å²) in [5.41, 5.74) is 4.56. The topological polar surface area (TPSA) is 193 Å². The zero-order valence-electron chi connectivity index (χ0n) is 20.8. The number of carboxylic acids is 1. The van der Waals surface area contributed by atoms with Crippen LogP contribution in [0.25, 0.3) is 10.9 Å². The zero-order chi connectivity index (χ0) is 28.0. The molecule has 0 aliphatic carbocycles. The minimum atomic E-state index is -1.59. The van der Waals surface area contributed by atoms with Gasteiger partial charge in [-0.05, 0) is 23.6 Å². The summed E-state index contributed by atoms with van der Waals surface area (Å²) in [6.45, 7) is 3.24. The first-order chi connectivity index (χ1) is 18.0. The van der Waals surface area contributed by atoms with Crippen molar-refractivity contribution in [2.24, 2.45) is 11.7 Å². The van der Waals surface area contributed by atoms with Gasteiger partial charge >= 0.3 is 11.7 Å². The molecule has 0 bridgehead atoms. The largest absolute Gasteiger partial charge is 0.480 e. The Bertz CT molecular complexity index is 1460. The highest BCUT2D eigenvalue weighted by Crippen LogP contribution is 2.15. The number of amides is 3. The van der Waals surface area contributed by atoms with Gasteiger partial charge in [0.15, 0.2) is 0 Å². The molecule has 0 aliphatic heterocycles. The quantitative estimate of drug-likeness (QED) is 0.234. The van der Waals surface area contributed by atoms with Crippen molar-refractivity contribution < 1.29 is 24.3 Å². The predicted octanol–water partition coefficient (Wildman–Crippen LogP) is 0.0592. The smallest absolute Gasteiger partial charge is 0.329 e. The molecule has 3 aromatic rings. The predicted molar refractivity (Wildman–Crippen MR) is 138 cm³/mol. The molecule has 1 aromatic heterocycles. The average molecular weight is 524 g/mol. The van der Waals surface area contributed by atoms with Crippen LogP contribution in [0.2, 0.25) is 0 Å². The number of H-pyrrole nitrogens is 1. The molecule has 0 radical (unpaired) electrons. The maximum atomic E-state index is 13.6. The summed E-state index contributed by atoms with van der Waals surface area (Å²) < 4.78 is 0.813. The molecule has 2 aromatic carbocycles. The number of primary amides is 1. The molecule has 0 aliphatic rings. The Labute approximate surface area is 216 Å². The minimum Gasteiger partial charge on any atom is -0.480 e. The molecule has 1 heterocycles. The highest BCUT2D eigenvalue weighted by Gasteiger charge is 2.33. The lowest BCUT2D eigenvalue weighted by Gasteiger charge is -2.26. The molecule has 0 saturated carbocycles. The third kappa shape index (κ3) is 6.52. The molecule has 200 valence electrons. The summed E-state index contributed by atoms with van der Waals surface area (Å²) in [5, 5.41) is 14.3. The van der Waals surface area contributed by atoms with Crippen molar-refractivity contribution in [3.8, 4) is 0 Å². The van der Waals surface area contributed by atoms with Gasteiger partial charge in [0.05, 0.1) is 17.3 Å². The summed E-state index contributed by atoms with van der Waals surface area (Å²) >= 11 is 0. The van der Waals surface area contributed by atoms with Crippen LogP contribution < -0.4 is 27.6 Å². The molecule has 6 N–H and O–H groups in total. The standard InChI is InChI=1S/C26H29N5O7/c1-14(2)21(23(34)28-18(25(36)37)13-20(27)32)30-22(33)19(12-15-8-4-3-5-9-15)31-24(35)16-10-6-7-11-17(16)29-26(31)38/h3-11,14,18-19,21H,12-13H2,1-2H3,(H2,27,32)(H,28,34)(H,29,38)(H,30,33)(H,36,37)/t18-,19+,21+/m1/s1. The normalized spacial score (nSPS) is 13.4. The van der Waals surface area contributed by atoms with Crippen LogP contribution in [0, 0.1) is 5.92 Å². The van der Waals surface area contributed by atoms with E-state index in [0.29, 0.717) is 11.1 Å².